The minimum Gasteiger partial charge on any atom is -0.347 e. The van der Waals surface area contributed by atoms with Gasteiger partial charge in [0, 0.05) is 5.88 Å². The zero-order chi connectivity index (χ0) is 12.3. The first-order valence-corrected chi connectivity index (χ1v) is 6.14. The maximum atomic E-state index is 5.94. The van der Waals surface area contributed by atoms with Crippen LogP contribution < -0.4 is 5.32 Å². The van der Waals surface area contributed by atoms with E-state index in [9.17, 15) is 0 Å². The Kier molecular flexibility index (Phi) is 3.43. The van der Waals surface area contributed by atoms with Gasteiger partial charge in [-0.25, -0.2) is 4.98 Å². The molecule has 0 spiro atoms. The van der Waals surface area contributed by atoms with E-state index in [1.807, 2.05) is 31.2 Å². The number of fused-ring (bicyclic) bond motifs is 1. The summed E-state index contributed by atoms with van der Waals surface area (Å²) in [5.41, 5.74) is 1.42. The molecule has 2 rings (SSSR count). The Balaban J connectivity index is 2.31. The molecule has 2 aromatic rings. The number of anilines is 1. The van der Waals surface area contributed by atoms with Gasteiger partial charge in [0.15, 0.2) is 0 Å². The summed E-state index contributed by atoms with van der Waals surface area (Å²) in [7, 11) is 0. The summed E-state index contributed by atoms with van der Waals surface area (Å²) < 4.78 is 0. The van der Waals surface area contributed by atoms with Crippen LogP contribution >= 0.6 is 11.6 Å². The summed E-state index contributed by atoms with van der Waals surface area (Å²) in [6.45, 7) is 4.11. The van der Waals surface area contributed by atoms with Gasteiger partial charge in [0.1, 0.15) is 5.52 Å². The lowest BCUT2D eigenvalue weighted by atomic mass is 10.0. The van der Waals surface area contributed by atoms with Crippen molar-refractivity contribution < 1.29 is 0 Å². The van der Waals surface area contributed by atoms with Gasteiger partial charge in [-0.15, -0.1) is 21.8 Å². The van der Waals surface area contributed by atoms with Crippen molar-refractivity contribution in [2.75, 3.05) is 11.2 Å². The van der Waals surface area contributed by atoms with E-state index in [4.69, 9.17) is 11.6 Å². The highest BCUT2D eigenvalue weighted by Gasteiger charge is 2.21. The fourth-order valence-corrected chi connectivity index (χ4v) is 1.68. The zero-order valence-corrected chi connectivity index (χ0v) is 10.7. The molecule has 0 radical (unpaired) electrons. The first-order valence-electron chi connectivity index (χ1n) is 5.60. The molecule has 0 aliphatic rings. The lowest BCUT2D eigenvalue weighted by Crippen LogP contribution is -2.36. The molecule has 1 heterocycles. The second-order valence-electron chi connectivity index (χ2n) is 4.30. The van der Waals surface area contributed by atoms with Crippen LogP contribution in [-0.4, -0.2) is 26.6 Å². The second-order valence-corrected chi connectivity index (χ2v) is 4.56. The summed E-state index contributed by atoms with van der Waals surface area (Å²) in [6, 6.07) is 7.65. The molecular formula is C12H15ClN4. The highest BCUT2D eigenvalue weighted by Crippen LogP contribution is 2.18. The molecule has 0 saturated heterocycles. The SMILES string of the molecule is CCC(C)(CCl)Nc1nnc2ccccc2n1. The summed E-state index contributed by atoms with van der Waals surface area (Å²) in [6.07, 6.45) is 0.896. The van der Waals surface area contributed by atoms with Gasteiger partial charge >= 0.3 is 0 Å². The molecule has 0 fully saturated rings. The molecular weight excluding hydrogens is 236 g/mol. The lowest BCUT2D eigenvalue weighted by molar-refractivity contribution is 0.547. The molecule has 0 aliphatic carbocycles. The van der Waals surface area contributed by atoms with Crippen molar-refractivity contribution in [1.82, 2.24) is 15.2 Å². The molecule has 5 heteroatoms. The van der Waals surface area contributed by atoms with Gasteiger partial charge < -0.3 is 5.32 Å². The molecule has 1 aromatic heterocycles. The van der Waals surface area contributed by atoms with E-state index < -0.39 is 0 Å². The van der Waals surface area contributed by atoms with Crippen LogP contribution in [0.2, 0.25) is 0 Å². The number of nitrogens with zero attached hydrogens (tertiary/aromatic N) is 3. The van der Waals surface area contributed by atoms with Gasteiger partial charge in [-0.05, 0) is 25.5 Å². The van der Waals surface area contributed by atoms with E-state index in [0.29, 0.717) is 11.8 Å². The van der Waals surface area contributed by atoms with Crippen LogP contribution in [0.5, 0.6) is 0 Å². The van der Waals surface area contributed by atoms with E-state index >= 15 is 0 Å². The number of rotatable bonds is 4. The molecule has 0 aliphatic heterocycles. The highest BCUT2D eigenvalue weighted by molar-refractivity contribution is 6.18. The molecule has 0 bridgehead atoms. The number of para-hydroxylation sites is 1. The van der Waals surface area contributed by atoms with Gasteiger partial charge in [0.25, 0.3) is 0 Å². The molecule has 0 amide bonds. The van der Waals surface area contributed by atoms with Crippen LogP contribution in [0.3, 0.4) is 0 Å². The fraction of sp³-hybridized carbons (Fsp3) is 0.417. The van der Waals surface area contributed by atoms with Crippen LogP contribution in [0.25, 0.3) is 11.0 Å². The minimum atomic E-state index is -0.203. The van der Waals surface area contributed by atoms with Crippen molar-refractivity contribution >= 4 is 28.6 Å². The Morgan fingerprint density at radius 2 is 1.94 bits per heavy atom. The third-order valence-corrected chi connectivity index (χ3v) is 3.44. The summed E-state index contributed by atoms with van der Waals surface area (Å²) >= 11 is 5.94. The normalized spacial score (nSPS) is 14.5. The third kappa shape index (κ3) is 2.64. The zero-order valence-electron chi connectivity index (χ0n) is 9.94. The van der Waals surface area contributed by atoms with Crippen LogP contribution in [0.15, 0.2) is 24.3 Å². The molecule has 1 atom stereocenters. The first kappa shape index (κ1) is 12.0. The molecule has 1 N–H and O–H groups in total. The molecule has 1 aromatic carbocycles. The molecule has 0 saturated carbocycles. The second kappa shape index (κ2) is 4.84. The number of aromatic nitrogens is 3. The minimum absolute atomic E-state index is 0.203. The van der Waals surface area contributed by atoms with Crippen molar-refractivity contribution in [3.63, 3.8) is 0 Å². The summed E-state index contributed by atoms with van der Waals surface area (Å²) in [4.78, 5) is 4.41. The topological polar surface area (TPSA) is 50.7 Å². The number of alkyl halides is 1. The number of halogens is 1. The maximum absolute atomic E-state index is 5.94. The van der Waals surface area contributed by atoms with Crippen LogP contribution in [0.4, 0.5) is 5.95 Å². The Bertz CT molecular complexity index is 511. The number of hydrogen-bond donors (Lipinski definition) is 1. The van der Waals surface area contributed by atoms with Crippen molar-refractivity contribution in [1.29, 1.82) is 0 Å². The Morgan fingerprint density at radius 3 is 2.59 bits per heavy atom. The predicted octanol–water partition coefficient (Wildman–Crippen LogP) is 2.84. The van der Waals surface area contributed by atoms with Crippen molar-refractivity contribution in [2.24, 2.45) is 0 Å². The van der Waals surface area contributed by atoms with Gasteiger partial charge in [-0.1, -0.05) is 19.1 Å². The molecule has 17 heavy (non-hydrogen) atoms. The maximum Gasteiger partial charge on any atom is 0.243 e. The average Bonchev–Trinajstić information content (AvgIpc) is 2.38. The third-order valence-electron chi connectivity index (χ3n) is 2.85. The smallest absolute Gasteiger partial charge is 0.243 e. The Morgan fingerprint density at radius 1 is 1.24 bits per heavy atom. The summed E-state index contributed by atoms with van der Waals surface area (Å²) in [5, 5.41) is 11.4. The highest BCUT2D eigenvalue weighted by atomic mass is 35.5. The van der Waals surface area contributed by atoms with Crippen molar-refractivity contribution in [2.45, 2.75) is 25.8 Å². The monoisotopic (exact) mass is 250 g/mol. The fourth-order valence-electron chi connectivity index (χ4n) is 1.42. The van der Waals surface area contributed by atoms with E-state index in [-0.39, 0.29) is 5.54 Å². The van der Waals surface area contributed by atoms with Crippen LogP contribution in [-0.2, 0) is 0 Å². The lowest BCUT2D eigenvalue weighted by Gasteiger charge is -2.26. The van der Waals surface area contributed by atoms with E-state index in [1.54, 1.807) is 0 Å². The van der Waals surface area contributed by atoms with Crippen LogP contribution in [0, 0.1) is 0 Å². The van der Waals surface area contributed by atoms with Gasteiger partial charge in [0.05, 0.1) is 11.1 Å². The quantitative estimate of drug-likeness (QED) is 0.848. The van der Waals surface area contributed by atoms with E-state index in [1.165, 1.54) is 0 Å². The average molecular weight is 251 g/mol. The number of hydrogen-bond acceptors (Lipinski definition) is 4. The first-order chi connectivity index (χ1) is 8.17. The molecule has 1 unspecified atom stereocenters. The van der Waals surface area contributed by atoms with Gasteiger partial charge in [0.2, 0.25) is 5.95 Å². The van der Waals surface area contributed by atoms with Crippen molar-refractivity contribution in [3.05, 3.63) is 24.3 Å². The van der Waals surface area contributed by atoms with Gasteiger partial charge in [-0.2, -0.15) is 0 Å². The largest absolute Gasteiger partial charge is 0.347 e. The van der Waals surface area contributed by atoms with Crippen molar-refractivity contribution in [3.8, 4) is 0 Å². The standard InChI is InChI=1S/C12H15ClN4/c1-3-12(2,8-13)15-11-14-9-6-4-5-7-10(9)16-17-11/h4-7H,3,8H2,1-2H3,(H,14,15,17). The molecule has 4 nitrogen and oxygen atoms in total. The number of nitrogens with one attached hydrogen (secondary N) is 1. The Hall–Kier alpha value is -1.42. The van der Waals surface area contributed by atoms with E-state index in [2.05, 4.69) is 27.4 Å². The number of benzene rings is 1. The summed E-state index contributed by atoms with van der Waals surface area (Å²) in [5.74, 6) is 1.02. The Labute approximate surface area is 105 Å². The van der Waals surface area contributed by atoms with E-state index in [0.717, 1.165) is 17.5 Å². The van der Waals surface area contributed by atoms with Gasteiger partial charge in [-0.3, -0.25) is 0 Å². The predicted molar refractivity (Wildman–Crippen MR) is 70.4 cm³/mol. The molecule has 90 valence electrons. The van der Waals surface area contributed by atoms with Crippen LogP contribution in [0.1, 0.15) is 20.3 Å².